The van der Waals surface area contributed by atoms with E-state index in [1.54, 1.807) is 6.92 Å². The minimum Gasteiger partial charge on any atom is -0.492 e. The maximum Gasteiger partial charge on any atom is 0.260 e. The fourth-order valence-corrected chi connectivity index (χ4v) is 2.99. The molecule has 0 unspecified atom stereocenters. The van der Waals surface area contributed by atoms with Gasteiger partial charge in [0.25, 0.3) is 5.91 Å². The lowest BCUT2D eigenvalue weighted by Gasteiger charge is -2.19. The number of benzene rings is 2. The summed E-state index contributed by atoms with van der Waals surface area (Å²) in [7, 11) is 0. The molecule has 4 heteroatoms. The van der Waals surface area contributed by atoms with E-state index in [1.165, 1.54) is 5.56 Å². The van der Waals surface area contributed by atoms with Gasteiger partial charge in [0.15, 0.2) is 6.10 Å². The molecule has 2 aromatic rings. The standard InChI is InChI=1S/C24H33NO3/c1-6-7-20-9-11-21(12-10-20)27-15-14-25-24(26)19(5)28-23-16-18(4)8-13-22(23)17(2)3/h8-13,16-17,19H,6-7,14-15H2,1-5H3,(H,25,26)/t19-/m1/s1. The average Bonchev–Trinajstić information content (AvgIpc) is 2.66. The number of carbonyl (C=O) groups is 1. The predicted octanol–water partition coefficient (Wildman–Crippen LogP) is 5.03. The number of hydrogen-bond donors (Lipinski definition) is 1. The Morgan fingerprint density at radius 1 is 1.07 bits per heavy atom. The summed E-state index contributed by atoms with van der Waals surface area (Å²) < 4.78 is 11.6. The summed E-state index contributed by atoms with van der Waals surface area (Å²) in [5, 5.41) is 2.88. The minimum atomic E-state index is -0.562. The second kappa shape index (κ2) is 10.7. The van der Waals surface area contributed by atoms with Gasteiger partial charge in [-0.25, -0.2) is 0 Å². The molecule has 28 heavy (non-hydrogen) atoms. The Morgan fingerprint density at radius 3 is 2.43 bits per heavy atom. The highest BCUT2D eigenvalue weighted by atomic mass is 16.5. The van der Waals surface area contributed by atoms with E-state index in [0.29, 0.717) is 19.1 Å². The molecule has 1 amide bonds. The maximum atomic E-state index is 12.3. The van der Waals surface area contributed by atoms with Crippen LogP contribution in [0.5, 0.6) is 11.5 Å². The topological polar surface area (TPSA) is 47.6 Å². The number of rotatable bonds is 10. The molecule has 0 saturated heterocycles. The second-order valence-electron chi connectivity index (χ2n) is 7.49. The van der Waals surface area contributed by atoms with Gasteiger partial charge in [0.2, 0.25) is 0 Å². The summed E-state index contributed by atoms with van der Waals surface area (Å²) in [6.45, 7) is 11.1. The van der Waals surface area contributed by atoms with E-state index in [1.807, 2.05) is 25.1 Å². The van der Waals surface area contributed by atoms with E-state index in [-0.39, 0.29) is 5.91 Å². The first-order valence-electron chi connectivity index (χ1n) is 10.2. The molecular formula is C24H33NO3. The summed E-state index contributed by atoms with van der Waals surface area (Å²) in [4.78, 5) is 12.3. The van der Waals surface area contributed by atoms with Crippen molar-refractivity contribution >= 4 is 5.91 Å². The molecule has 2 rings (SSSR count). The monoisotopic (exact) mass is 383 g/mol. The van der Waals surface area contributed by atoms with Crippen molar-refractivity contribution in [1.29, 1.82) is 0 Å². The van der Waals surface area contributed by atoms with Crippen LogP contribution in [0.1, 0.15) is 56.7 Å². The van der Waals surface area contributed by atoms with E-state index >= 15 is 0 Å². The third-order valence-corrected chi connectivity index (χ3v) is 4.60. The largest absolute Gasteiger partial charge is 0.492 e. The number of amides is 1. The van der Waals surface area contributed by atoms with Crippen LogP contribution < -0.4 is 14.8 Å². The number of nitrogens with one attached hydrogen (secondary N) is 1. The van der Waals surface area contributed by atoms with Gasteiger partial charge >= 0.3 is 0 Å². The molecule has 152 valence electrons. The van der Waals surface area contributed by atoms with Crippen LogP contribution in [0, 0.1) is 6.92 Å². The van der Waals surface area contributed by atoms with Gasteiger partial charge in [-0.15, -0.1) is 0 Å². The lowest BCUT2D eigenvalue weighted by molar-refractivity contribution is -0.127. The van der Waals surface area contributed by atoms with Gasteiger partial charge in [0, 0.05) is 0 Å². The van der Waals surface area contributed by atoms with Crippen LogP contribution in [0.4, 0.5) is 0 Å². The average molecular weight is 384 g/mol. The SMILES string of the molecule is CCCc1ccc(OCCNC(=O)[C@@H](C)Oc2cc(C)ccc2C(C)C)cc1. The van der Waals surface area contributed by atoms with Crippen LogP contribution in [0.15, 0.2) is 42.5 Å². The second-order valence-corrected chi connectivity index (χ2v) is 7.49. The van der Waals surface area contributed by atoms with Gasteiger partial charge in [-0.2, -0.15) is 0 Å². The number of carbonyl (C=O) groups excluding carboxylic acids is 1. The zero-order chi connectivity index (χ0) is 20.5. The van der Waals surface area contributed by atoms with Crippen LogP contribution in [0.25, 0.3) is 0 Å². The highest BCUT2D eigenvalue weighted by Gasteiger charge is 2.17. The summed E-state index contributed by atoms with van der Waals surface area (Å²) in [6.07, 6.45) is 1.65. The zero-order valence-electron chi connectivity index (χ0n) is 17.7. The van der Waals surface area contributed by atoms with E-state index in [4.69, 9.17) is 9.47 Å². The van der Waals surface area contributed by atoms with Gasteiger partial charge < -0.3 is 14.8 Å². The Labute approximate surface area is 169 Å². The maximum absolute atomic E-state index is 12.3. The molecule has 1 atom stereocenters. The van der Waals surface area contributed by atoms with Gasteiger partial charge in [-0.1, -0.05) is 51.5 Å². The lowest BCUT2D eigenvalue weighted by Crippen LogP contribution is -2.38. The molecule has 0 radical (unpaired) electrons. The van der Waals surface area contributed by atoms with Crippen molar-refractivity contribution in [3.63, 3.8) is 0 Å². The molecule has 2 aromatic carbocycles. The van der Waals surface area contributed by atoms with Crippen LogP contribution in [-0.2, 0) is 11.2 Å². The van der Waals surface area contributed by atoms with E-state index in [9.17, 15) is 4.79 Å². The molecule has 0 aliphatic rings. The first-order chi connectivity index (χ1) is 13.4. The Bertz CT molecular complexity index is 753. The molecule has 0 heterocycles. The predicted molar refractivity (Wildman–Crippen MR) is 114 cm³/mol. The molecule has 0 aromatic heterocycles. The molecule has 4 nitrogen and oxygen atoms in total. The van der Waals surface area contributed by atoms with Crippen LogP contribution in [0.2, 0.25) is 0 Å². The Kier molecular flexibility index (Phi) is 8.37. The van der Waals surface area contributed by atoms with E-state index in [0.717, 1.165) is 35.5 Å². The molecule has 0 bridgehead atoms. The highest BCUT2D eigenvalue weighted by molar-refractivity contribution is 5.80. The van der Waals surface area contributed by atoms with Crippen LogP contribution in [-0.4, -0.2) is 25.2 Å². The summed E-state index contributed by atoms with van der Waals surface area (Å²) in [5.41, 5.74) is 3.54. The normalized spacial score (nSPS) is 11.9. The van der Waals surface area contributed by atoms with Crippen molar-refractivity contribution in [2.24, 2.45) is 0 Å². The number of ether oxygens (including phenoxy) is 2. The number of hydrogen-bond acceptors (Lipinski definition) is 3. The minimum absolute atomic E-state index is 0.141. The van der Waals surface area contributed by atoms with Crippen molar-refractivity contribution in [2.75, 3.05) is 13.2 Å². The summed E-state index contributed by atoms with van der Waals surface area (Å²) >= 11 is 0. The summed E-state index contributed by atoms with van der Waals surface area (Å²) in [5.74, 6) is 1.79. The van der Waals surface area contributed by atoms with Gasteiger partial charge in [-0.05, 0) is 61.1 Å². The summed E-state index contributed by atoms with van der Waals surface area (Å²) in [6, 6.07) is 14.2. The molecular weight excluding hydrogens is 350 g/mol. The molecule has 0 aliphatic heterocycles. The Balaban J connectivity index is 1.79. The third kappa shape index (κ3) is 6.59. The highest BCUT2D eigenvalue weighted by Crippen LogP contribution is 2.28. The van der Waals surface area contributed by atoms with Crippen molar-refractivity contribution in [3.05, 3.63) is 59.2 Å². The molecule has 0 saturated carbocycles. The zero-order valence-corrected chi connectivity index (χ0v) is 17.7. The van der Waals surface area contributed by atoms with Crippen molar-refractivity contribution in [3.8, 4) is 11.5 Å². The molecule has 0 aliphatic carbocycles. The van der Waals surface area contributed by atoms with Crippen molar-refractivity contribution in [1.82, 2.24) is 5.32 Å². The fraction of sp³-hybridized carbons (Fsp3) is 0.458. The Hall–Kier alpha value is -2.49. The van der Waals surface area contributed by atoms with Crippen molar-refractivity contribution in [2.45, 2.75) is 59.5 Å². The van der Waals surface area contributed by atoms with Crippen LogP contribution in [0.3, 0.4) is 0 Å². The van der Waals surface area contributed by atoms with Crippen molar-refractivity contribution < 1.29 is 14.3 Å². The van der Waals surface area contributed by atoms with Gasteiger partial charge in [0.1, 0.15) is 18.1 Å². The third-order valence-electron chi connectivity index (χ3n) is 4.60. The van der Waals surface area contributed by atoms with Gasteiger partial charge in [-0.3, -0.25) is 4.79 Å². The van der Waals surface area contributed by atoms with Gasteiger partial charge in [0.05, 0.1) is 6.54 Å². The fourth-order valence-electron chi connectivity index (χ4n) is 2.99. The molecule has 0 fully saturated rings. The van der Waals surface area contributed by atoms with E-state index < -0.39 is 6.10 Å². The number of aryl methyl sites for hydroxylation is 2. The van der Waals surface area contributed by atoms with Crippen LogP contribution >= 0.6 is 0 Å². The lowest BCUT2D eigenvalue weighted by atomic mass is 10.0. The molecule has 0 spiro atoms. The Morgan fingerprint density at radius 2 is 1.79 bits per heavy atom. The first kappa shape index (κ1) is 21.8. The molecule has 1 N–H and O–H groups in total. The van der Waals surface area contributed by atoms with E-state index in [2.05, 4.69) is 50.4 Å². The first-order valence-corrected chi connectivity index (χ1v) is 10.2. The quantitative estimate of drug-likeness (QED) is 0.585. The smallest absolute Gasteiger partial charge is 0.260 e.